The van der Waals surface area contributed by atoms with Gasteiger partial charge >= 0.3 is 11.8 Å². The molecule has 2 amide bonds. The van der Waals surface area contributed by atoms with Crippen LogP contribution < -0.4 is 10.7 Å². The van der Waals surface area contributed by atoms with Crippen LogP contribution in [0.2, 0.25) is 10.0 Å². The highest BCUT2D eigenvalue weighted by atomic mass is 35.5. The lowest BCUT2D eigenvalue weighted by atomic mass is 10.2. The Hall–Kier alpha value is -1.59. The molecule has 102 valence electrons. The highest BCUT2D eigenvalue weighted by Crippen LogP contribution is 2.21. The van der Waals surface area contributed by atoms with Crippen molar-refractivity contribution in [2.24, 2.45) is 5.10 Å². The normalized spacial score (nSPS) is 10.5. The maximum Gasteiger partial charge on any atom is 0.329 e. The topological polar surface area (TPSA) is 70.6 Å². The monoisotopic (exact) mass is 301 g/mol. The Bertz CT molecular complexity index is 504. The summed E-state index contributed by atoms with van der Waals surface area (Å²) in [6.45, 7) is 2.34. The molecule has 0 fully saturated rings. The van der Waals surface area contributed by atoms with E-state index in [-0.39, 0.29) is 0 Å². The third-order valence-corrected chi connectivity index (χ3v) is 2.80. The van der Waals surface area contributed by atoms with Crippen LogP contribution in [0.5, 0.6) is 0 Å². The Morgan fingerprint density at radius 1 is 1.26 bits per heavy atom. The number of hydrogen-bond donors (Lipinski definition) is 2. The number of hydrazone groups is 1. The van der Waals surface area contributed by atoms with E-state index in [1.807, 2.05) is 6.92 Å². The molecule has 1 aromatic rings. The quantitative estimate of drug-likeness (QED) is 0.507. The minimum atomic E-state index is -0.815. The summed E-state index contributed by atoms with van der Waals surface area (Å²) in [6, 6.07) is 4.89. The summed E-state index contributed by atoms with van der Waals surface area (Å²) in [5, 5.41) is 6.91. The first kappa shape index (κ1) is 15.5. The molecule has 1 aromatic carbocycles. The first-order chi connectivity index (χ1) is 9.04. The summed E-state index contributed by atoms with van der Waals surface area (Å²) in [5.41, 5.74) is 2.77. The van der Waals surface area contributed by atoms with Gasteiger partial charge in [0.2, 0.25) is 0 Å². The molecule has 0 aliphatic carbocycles. The van der Waals surface area contributed by atoms with Crippen LogP contribution in [0.3, 0.4) is 0 Å². The maximum absolute atomic E-state index is 11.3. The smallest absolute Gasteiger partial charge is 0.329 e. The molecule has 0 aliphatic heterocycles. The number of hydrogen-bond acceptors (Lipinski definition) is 3. The summed E-state index contributed by atoms with van der Waals surface area (Å²) in [4.78, 5) is 22.5. The molecule has 0 saturated carbocycles. The molecule has 0 saturated heterocycles. The van der Waals surface area contributed by atoms with Gasteiger partial charge in [-0.1, -0.05) is 36.2 Å². The number of carbonyl (C=O) groups is 2. The molecule has 19 heavy (non-hydrogen) atoms. The maximum atomic E-state index is 11.3. The zero-order valence-electron chi connectivity index (χ0n) is 10.2. The number of amides is 2. The predicted octanol–water partition coefficient (Wildman–Crippen LogP) is 1.97. The second-order valence-electron chi connectivity index (χ2n) is 3.63. The van der Waals surface area contributed by atoms with Crippen molar-refractivity contribution in [3.8, 4) is 0 Å². The van der Waals surface area contributed by atoms with Crippen molar-refractivity contribution in [2.75, 3.05) is 6.54 Å². The number of nitrogens with zero attached hydrogens (tertiary/aromatic N) is 1. The van der Waals surface area contributed by atoms with E-state index in [4.69, 9.17) is 23.2 Å². The van der Waals surface area contributed by atoms with Crippen LogP contribution >= 0.6 is 23.2 Å². The Labute approximate surface area is 121 Å². The van der Waals surface area contributed by atoms with Crippen LogP contribution in [0.4, 0.5) is 0 Å². The van der Waals surface area contributed by atoms with E-state index >= 15 is 0 Å². The van der Waals surface area contributed by atoms with E-state index in [1.54, 1.807) is 18.2 Å². The third kappa shape index (κ3) is 5.28. The minimum absolute atomic E-state index is 0.387. The molecule has 0 heterocycles. The molecule has 0 aliphatic rings. The first-order valence-electron chi connectivity index (χ1n) is 5.61. The van der Waals surface area contributed by atoms with Gasteiger partial charge in [0, 0.05) is 6.54 Å². The molecule has 0 atom stereocenters. The van der Waals surface area contributed by atoms with Crippen LogP contribution in [0.1, 0.15) is 18.9 Å². The van der Waals surface area contributed by atoms with Gasteiger partial charge in [0.25, 0.3) is 0 Å². The van der Waals surface area contributed by atoms with Crippen molar-refractivity contribution in [3.63, 3.8) is 0 Å². The van der Waals surface area contributed by atoms with Gasteiger partial charge in [0.05, 0.1) is 16.3 Å². The van der Waals surface area contributed by atoms with Crippen molar-refractivity contribution >= 4 is 41.2 Å². The van der Waals surface area contributed by atoms with Crippen molar-refractivity contribution in [2.45, 2.75) is 13.3 Å². The molecule has 1 rings (SSSR count). The predicted molar refractivity (Wildman–Crippen MR) is 75.5 cm³/mol. The summed E-state index contributed by atoms with van der Waals surface area (Å²) < 4.78 is 0. The van der Waals surface area contributed by atoms with Crippen LogP contribution in [-0.4, -0.2) is 24.6 Å². The molecule has 2 N–H and O–H groups in total. The Morgan fingerprint density at radius 3 is 2.63 bits per heavy atom. The van der Waals surface area contributed by atoms with E-state index < -0.39 is 11.8 Å². The number of benzene rings is 1. The number of nitrogens with one attached hydrogen (secondary N) is 2. The SMILES string of the molecule is CCCNC(=O)C(=O)N/N=C\c1ccc(Cl)c(Cl)c1. The minimum Gasteiger partial charge on any atom is -0.348 e. The molecule has 0 spiro atoms. The van der Waals surface area contributed by atoms with Gasteiger partial charge in [0.1, 0.15) is 0 Å². The van der Waals surface area contributed by atoms with Crippen molar-refractivity contribution in [1.29, 1.82) is 0 Å². The summed E-state index contributed by atoms with van der Waals surface area (Å²) in [5.74, 6) is -1.53. The fourth-order valence-corrected chi connectivity index (χ4v) is 1.43. The summed E-state index contributed by atoms with van der Waals surface area (Å²) in [7, 11) is 0. The van der Waals surface area contributed by atoms with Gasteiger partial charge in [-0.3, -0.25) is 9.59 Å². The van der Waals surface area contributed by atoms with Crippen molar-refractivity contribution in [3.05, 3.63) is 33.8 Å². The Morgan fingerprint density at radius 2 is 2.00 bits per heavy atom. The average Bonchev–Trinajstić information content (AvgIpc) is 2.39. The number of rotatable bonds is 4. The van der Waals surface area contributed by atoms with Crippen LogP contribution in [0, 0.1) is 0 Å². The first-order valence-corrected chi connectivity index (χ1v) is 6.36. The Balaban J connectivity index is 2.51. The molecular weight excluding hydrogens is 289 g/mol. The van der Waals surface area contributed by atoms with Crippen molar-refractivity contribution < 1.29 is 9.59 Å². The summed E-state index contributed by atoms with van der Waals surface area (Å²) in [6.07, 6.45) is 2.12. The molecule has 0 unspecified atom stereocenters. The molecule has 0 aromatic heterocycles. The third-order valence-electron chi connectivity index (χ3n) is 2.07. The van der Waals surface area contributed by atoms with Gasteiger partial charge in [0.15, 0.2) is 0 Å². The zero-order chi connectivity index (χ0) is 14.3. The molecular formula is C12H13Cl2N3O2. The van der Waals surface area contributed by atoms with Crippen molar-refractivity contribution in [1.82, 2.24) is 10.7 Å². The van der Waals surface area contributed by atoms with Gasteiger partial charge in [-0.05, 0) is 24.1 Å². The fraction of sp³-hybridized carbons (Fsp3) is 0.250. The number of halogens is 2. The van der Waals surface area contributed by atoms with Gasteiger partial charge in [-0.25, -0.2) is 5.43 Å². The van der Waals surface area contributed by atoms with Crippen LogP contribution in [-0.2, 0) is 9.59 Å². The van der Waals surface area contributed by atoms with Gasteiger partial charge in [-0.2, -0.15) is 5.10 Å². The lowest BCUT2D eigenvalue weighted by molar-refractivity contribution is -0.139. The van der Waals surface area contributed by atoms with E-state index in [2.05, 4.69) is 15.8 Å². The number of carbonyl (C=O) groups excluding carboxylic acids is 2. The molecule has 0 radical (unpaired) electrons. The second kappa shape index (κ2) is 7.76. The van der Waals surface area contributed by atoms with E-state index in [9.17, 15) is 9.59 Å². The fourth-order valence-electron chi connectivity index (χ4n) is 1.13. The van der Waals surface area contributed by atoms with Crippen LogP contribution in [0.25, 0.3) is 0 Å². The zero-order valence-corrected chi connectivity index (χ0v) is 11.8. The van der Waals surface area contributed by atoms with Crippen LogP contribution in [0.15, 0.2) is 23.3 Å². The summed E-state index contributed by atoms with van der Waals surface area (Å²) >= 11 is 11.6. The van der Waals surface area contributed by atoms with Gasteiger partial charge in [-0.15, -0.1) is 0 Å². The lowest BCUT2D eigenvalue weighted by Crippen LogP contribution is -2.38. The largest absolute Gasteiger partial charge is 0.348 e. The molecule has 0 bridgehead atoms. The molecule has 5 nitrogen and oxygen atoms in total. The molecule has 7 heteroatoms. The lowest BCUT2D eigenvalue weighted by Gasteiger charge is -2.01. The average molecular weight is 302 g/mol. The Kier molecular flexibility index (Phi) is 6.32. The van der Waals surface area contributed by atoms with Gasteiger partial charge < -0.3 is 5.32 Å². The van der Waals surface area contributed by atoms with E-state index in [0.29, 0.717) is 22.2 Å². The highest BCUT2D eigenvalue weighted by molar-refractivity contribution is 6.42. The second-order valence-corrected chi connectivity index (χ2v) is 4.44. The van der Waals surface area contributed by atoms with E-state index in [1.165, 1.54) is 6.21 Å². The highest BCUT2D eigenvalue weighted by Gasteiger charge is 2.10. The standard InChI is InChI=1S/C12H13Cl2N3O2/c1-2-5-15-11(18)12(19)17-16-7-8-3-4-9(13)10(14)6-8/h3-4,6-7H,2,5H2,1H3,(H,15,18)(H,17,19)/b16-7-. The van der Waals surface area contributed by atoms with E-state index in [0.717, 1.165) is 6.42 Å².